The molecule has 2 aromatic rings. The summed E-state index contributed by atoms with van der Waals surface area (Å²) in [7, 11) is 0. The number of anilines is 1. The fraction of sp³-hybridized carbons (Fsp3) is 0.222. The van der Waals surface area contributed by atoms with E-state index in [1.54, 1.807) is 0 Å². The van der Waals surface area contributed by atoms with Crippen LogP contribution in [0.1, 0.15) is 18.9 Å². The molecular weight excluding hydrogens is 246 g/mol. The molecule has 0 aliphatic heterocycles. The number of benzene rings is 2. The van der Waals surface area contributed by atoms with Gasteiger partial charge in [0.2, 0.25) is 0 Å². The third-order valence-corrected chi connectivity index (χ3v) is 2.71. The van der Waals surface area contributed by atoms with E-state index < -0.39 is 0 Å². The molecule has 102 valence electrons. The average molecular weight is 265 g/mol. The first-order chi connectivity index (χ1) is 9.88. The van der Waals surface area contributed by atoms with Crippen molar-refractivity contribution in [3.8, 4) is 17.6 Å². The van der Waals surface area contributed by atoms with E-state index in [0.717, 1.165) is 30.0 Å². The van der Waals surface area contributed by atoms with Crippen LogP contribution >= 0.6 is 0 Å². The quantitative estimate of drug-likeness (QED) is 0.827. The molecule has 0 aliphatic carbocycles. The van der Waals surface area contributed by atoms with Gasteiger partial charge in [-0.1, -0.05) is 37.0 Å². The van der Waals surface area contributed by atoms with Gasteiger partial charge in [-0.2, -0.15) is 0 Å². The Kier molecular flexibility index (Phi) is 5.54. The molecule has 0 saturated carbocycles. The summed E-state index contributed by atoms with van der Waals surface area (Å²) in [5.41, 5.74) is 2.09. The van der Waals surface area contributed by atoms with Crippen molar-refractivity contribution < 1.29 is 4.74 Å². The summed E-state index contributed by atoms with van der Waals surface area (Å²) in [5.74, 6) is 7.13. The van der Waals surface area contributed by atoms with Gasteiger partial charge >= 0.3 is 0 Å². The van der Waals surface area contributed by atoms with Gasteiger partial charge in [0.1, 0.15) is 5.75 Å². The Balaban J connectivity index is 1.81. The summed E-state index contributed by atoms with van der Waals surface area (Å²) >= 11 is 0. The minimum Gasteiger partial charge on any atom is -0.494 e. The Morgan fingerprint density at radius 3 is 2.45 bits per heavy atom. The molecule has 1 N–H and O–H groups in total. The molecule has 0 radical (unpaired) electrons. The van der Waals surface area contributed by atoms with Crippen molar-refractivity contribution in [2.24, 2.45) is 0 Å². The molecule has 0 atom stereocenters. The van der Waals surface area contributed by atoms with Crippen molar-refractivity contribution in [1.29, 1.82) is 0 Å². The predicted molar refractivity (Wildman–Crippen MR) is 84.0 cm³/mol. The van der Waals surface area contributed by atoms with Gasteiger partial charge in [-0.3, -0.25) is 0 Å². The molecular formula is C18H19NO. The average Bonchev–Trinajstić information content (AvgIpc) is 2.52. The molecule has 2 rings (SSSR count). The van der Waals surface area contributed by atoms with Gasteiger partial charge in [-0.05, 0) is 42.8 Å². The summed E-state index contributed by atoms with van der Waals surface area (Å²) in [6, 6.07) is 18.0. The Hall–Kier alpha value is -2.40. The zero-order valence-electron chi connectivity index (χ0n) is 11.7. The van der Waals surface area contributed by atoms with Crippen LogP contribution in [-0.2, 0) is 0 Å². The van der Waals surface area contributed by atoms with Gasteiger partial charge in [0, 0.05) is 11.3 Å². The first kappa shape index (κ1) is 14.0. The highest BCUT2D eigenvalue weighted by Crippen LogP contribution is 2.15. The predicted octanol–water partition coefficient (Wildman–Crippen LogP) is 3.94. The Morgan fingerprint density at radius 2 is 1.75 bits per heavy atom. The standard InChI is InChI=1S/C18H19NO/c1-2-15-20-18-12-10-17(11-13-18)19-14-6-9-16-7-4-3-5-8-16/h3-5,7-8,10-13,19H,2,14-15H2,1H3. The zero-order chi connectivity index (χ0) is 14.0. The topological polar surface area (TPSA) is 21.3 Å². The van der Waals surface area contributed by atoms with Gasteiger partial charge in [0.05, 0.1) is 13.2 Å². The maximum Gasteiger partial charge on any atom is 0.119 e. The van der Waals surface area contributed by atoms with Gasteiger partial charge < -0.3 is 10.1 Å². The highest BCUT2D eigenvalue weighted by atomic mass is 16.5. The van der Waals surface area contributed by atoms with E-state index in [9.17, 15) is 0 Å². The molecule has 0 aliphatic rings. The summed E-state index contributed by atoms with van der Waals surface area (Å²) < 4.78 is 5.54. The molecule has 2 nitrogen and oxygen atoms in total. The normalized spacial score (nSPS) is 9.45. The fourth-order valence-electron chi connectivity index (χ4n) is 1.70. The smallest absolute Gasteiger partial charge is 0.119 e. The second kappa shape index (κ2) is 7.91. The molecule has 0 bridgehead atoms. The molecule has 2 heteroatoms. The van der Waals surface area contributed by atoms with Crippen LogP contribution in [0.5, 0.6) is 5.75 Å². The molecule has 2 aromatic carbocycles. The van der Waals surface area contributed by atoms with Crippen LogP contribution < -0.4 is 10.1 Å². The summed E-state index contributed by atoms with van der Waals surface area (Å²) in [6.45, 7) is 3.49. The van der Waals surface area contributed by atoms with Crippen molar-refractivity contribution in [3.63, 3.8) is 0 Å². The molecule has 0 fully saturated rings. The molecule has 0 spiro atoms. The van der Waals surface area contributed by atoms with Gasteiger partial charge in [0.25, 0.3) is 0 Å². The largest absolute Gasteiger partial charge is 0.494 e. The molecule has 0 amide bonds. The van der Waals surface area contributed by atoms with Crippen molar-refractivity contribution in [2.75, 3.05) is 18.5 Å². The van der Waals surface area contributed by atoms with E-state index in [2.05, 4.69) is 24.1 Å². The first-order valence-corrected chi connectivity index (χ1v) is 6.89. The number of rotatable bonds is 5. The summed E-state index contributed by atoms with van der Waals surface area (Å²) in [5, 5.41) is 3.27. The van der Waals surface area contributed by atoms with Crippen LogP contribution in [0.2, 0.25) is 0 Å². The van der Waals surface area contributed by atoms with Crippen molar-refractivity contribution in [3.05, 3.63) is 60.2 Å². The van der Waals surface area contributed by atoms with Crippen LogP contribution in [-0.4, -0.2) is 13.2 Å². The van der Waals surface area contributed by atoms with Gasteiger partial charge in [0.15, 0.2) is 0 Å². The van der Waals surface area contributed by atoms with Crippen LogP contribution in [0.25, 0.3) is 0 Å². The zero-order valence-corrected chi connectivity index (χ0v) is 11.7. The maximum atomic E-state index is 5.54. The van der Waals surface area contributed by atoms with Gasteiger partial charge in [-0.25, -0.2) is 0 Å². The third-order valence-electron chi connectivity index (χ3n) is 2.71. The Bertz CT molecular complexity index is 564. The van der Waals surface area contributed by atoms with E-state index in [1.807, 2.05) is 54.6 Å². The number of ether oxygens (including phenoxy) is 1. The fourth-order valence-corrected chi connectivity index (χ4v) is 1.70. The minimum atomic E-state index is 0.629. The van der Waals surface area contributed by atoms with E-state index in [4.69, 9.17) is 4.74 Å². The lowest BCUT2D eigenvalue weighted by atomic mass is 10.2. The first-order valence-electron chi connectivity index (χ1n) is 6.89. The third kappa shape index (κ3) is 4.70. The van der Waals surface area contributed by atoms with Crippen LogP contribution in [0.4, 0.5) is 5.69 Å². The summed E-state index contributed by atoms with van der Waals surface area (Å²) in [6.07, 6.45) is 1.02. The Morgan fingerprint density at radius 1 is 1.00 bits per heavy atom. The summed E-state index contributed by atoms with van der Waals surface area (Å²) in [4.78, 5) is 0. The monoisotopic (exact) mass is 265 g/mol. The lowest BCUT2D eigenvalue weighted by Crippen LogP contribution is -1.99. The highest BCUT2D eigenvalue weighted by Gasteiger charge is 1.93. The number of hydrogen-bond acceptors (Lipinski definition) is 2. The minimum absolute atomic E-state index is 0.629. The van der Waals surface area contributed by atoms with Gasteiger partial charge in [-0.15, -0.1) is 0 Å². The number of hydrogen-bond donors (Lipinski definition) is 1. The number of nitrogens with one attached hydrogen (secondary N) is 1. The van der Waals surface area contributed by atoms with E-state index in [1.165, 1.54) is 0 Å². The Labute approximate surface area is 120 Å². The molecule has 20 heavy (non-hydrogen) atoms. The van der Waals surface area contributed by atoms with Crippen LogP contribution in [0.15, 0.2) is 54.6 Å². The lowest BCUT2D eigenvalue weighted by molar-refractivity contribution is 0.317. The maximum absolute atomic E-state index is 5.54. The highest BCUT2D eigenvalue weighted by molar-refractivity contribution is 5.47. The molecule has 0 aromatic heterocycles. The van der Waals surface area contributed by atoms with E-state index in [-0.39, 0.29) is 0 Å². The van der Waals surface area contributed by atoms with E-state index >= 15 is 0 Å². The molecule has 0 unspecified atom stereocenters. The SMILES string of the molecule is CCCOc1ccc(NCC#Cc2ccccc2)cc1. The molecule has 0 saturated heterocycles. The second-order valence-corrected chi connectivity index (χ2v) is 4.39. The van der Waals surface area contributed by atoms with Crippen LogP contribution in [0.3, 0.4) is 0 Å². The van der Waals surface area contributed by atoms with Crippen molar-refractivity contribution >= 4 is 5.69 Å². The second-order valence-electron chi connectivity index (χ2n) is 4.39. The van der Waals surface area contributed by atoms with Crippen molar-refractivity contribution in [1.82, 2.24) is 0 Å². The van der Waals surface area contributed by atoms with E-state index in [0.29, 0.717) is 6.54 Å². The van der Waals surface area contributed by atoms with Crippen LogP contribution in [0, 0.1) is 11.8 Å². The lowest BCUT2D eigenvalue weighted by Gasteiger charge is -2.06. The molecule has 0 heterocycles. The van der Waals surface area contributed by atoms with Crippen molar-refractivity contribution in [2.45, 2.75) is 13.3 Å².